The van der Waals surface area contributed by atoms with Gasteiger partial charge in [0.25, 0.3) is 0 Å². The predicted molar refractivity (Wildman–Crippen MR) is 165 cm³/mol. The number of benzene rings is 2. The Morgan fingerprint density at radius 2 is 1.88 bits per heavy atom. The molecular formula is C32H44FN3O6S. The zero-order valence-corrected chi connectivity index (χ0v) is 26.3. The summed E-state index contributed by atoms with van der Waals surface area (Å²) in [6.45, 7) is 6.73. The smallest absolute Gasteiger partial charge is 0.308 e. The maximum atomic E-state index is 14.3. The third-order valence-corrected chi connectivity index (χ3v) is 9.34. The number of fused-ring (bicyclic) bond motifs is 1. The number of carbonyl (C=O) groups excluding carboxylic acids is 1. The molecule has 2 aliphatic rings. The van der Waals surface area contributed by atoms with Gasteiger partial charge in [-0.2, -0.15) is 0 Å². The lowest BCUT2D eigenvalue weighted by molar-refractivity contribution is -0.143. The van der Waals surface area contributed by atoms with E-state index in [1.807, 2.05) is 23.1 Å². The molecule has 2 N–H and O–H groups in total. The highest BCUT2D eigenvalue weighted by molar-refractivity contribution is 7.88. The molecule has 11 heteroatoms. The van der Waals surface area contributed by atoms with E-state index in [1.54, 1.807) is 24.0 Å². The Morgan fingerprint density at radius 3 is 2.51 bits per heavy atom. The number of amides is 1. The Bertz CT molecular complexity index is 1410. The fraction of sp³-hybridized carbons (Fsp3) is 0.562. The Hall–Kier alpha value is -3.02. The molecule has 0 bridgehead atoms. The number of carboxylic acids is 1. The number of carboxylic acid groups (broad SMARTS) is 1. The van der Waals surface area contributed by atoms with E-state index in [0.29, 0.717) is 24.4 Å². The lowest BCUT2D eigenvalue weighted by atomic mass is 9.83. The molecule has 1 amide bonds. The minimum Gasteiger partial charge on any atom is -0.493 e. The van der Waals surface area contributed by atoms with Gasteiger partial charge in [0.1, 0.15) is 11.6 Å². The predicted octanol–water partition coefficient (Wildman–Crippen LogP) is 4.48. The third-order valence-electron chi connectivity index (χ3n) is 8.62. The Kier molecular flexibility index (Phi) is 10.8. The number of aryl methyl sites for hydroxylation is 1. The molecule has 4 rings (SSSR count). The van der Waals surface area contributed by atoms with E-state index in [-0.39, 0.29) is 37.3 Å². The fourth-order valence-electron chi connectivity index (χ4n) is 6.68. The topological polar surface area (TPSA) is 116 Å². The minimum absolute atomic E-state index is 0.0434. The number of ether oxygens (including phenoxy) is 1. The van der Waals surface area contributed by atoms with Crippen LogP contribution < -0.4 is 14.4 Å². The molecule has 3 atom stereocenters. The van der Waals surface area contributed by atoms with Crippen LogP contribution in [-0.2, 0) is 26.0 Å². The molecule has 0 spiro atoms. The summed E-state index contributed by atoms with van der Waals surface area (Å²) in [4.78, 5) is 30.7. The van der Waals surface area contributed by atoms with E-state index in [9.17, 15) is 27.5 Å². The van der Waals surface area contributed by atoms with Gasteiger partial charge in [-0.1, -0.05) is 38.8 Å². The normalized spacial score (nSPS) is 20.3. The van der Waals surface area contributed by atoms with Gasteiger partial charge in [-0.3, -0.25) is 14.5 Å². The molecule has 0 aliphatic carbocycles. The quantitative estimate of drug-likeness (QED) is 0.321. The average molecular weight is 618 g/mol. The van der Waals surface area contributed by atoms with Crippen molar-refractivity contribution >= 4 is 27.6 Å². The van der Waals surface area contributed by atoms with E-state index in [2.05, 4.69) is 18.6 Å². The van der Waals surface area contributed by atoms with E-state index < -0.39 is 33.9 Å². The van der Waals surface area contributed by atoms with Crippen LogP contribution >= 0.6 is 0 Å². The maximum absolute atomic E-state index is 14.3. The number of nitrogens with zero attached hydrogens (tertiary/aromatic N) is 2. The summed E-state index contributed by atoms with van der Waals surface area (Å²) < 4.78 is 46.0. The first kappa shape index (κ1) is 32.9. The van der Waals surface area contributed by atoms with Gasteiger partial charge in [0.2, 0.25) is 15.9 Å². The van der Waals surface area contributed by atoms with E-state index in [4.69, 9.17) is 4.74 Å². The summed E-state index contributed by atoms with van der Waals surface area (Å²) in [6, 6.07) is 9.80. The van der Waals surface area contributed by atoms with Crippen molar-refractivity contribution < 1.29 is 32.2 Å². The Morgan fingerprint density at radius 1 is 1.16 bits per heavy atom. The summed E-state index contributed by atoms with van der Waals surface area (Å²) in [5.41, 5.74) is 2.97. The molecule has 1 fully saturated rings. The molecule has 43 heavy (non-hydrogen) atoms. The van der Waals surface area contributed by atoms with Crippen molar-refractivity contribution in [3.63, 3.8) is 0 Å². The number of anilines is 1. The minimum atomic E-state index is -3.48. The maximum Gasteiger partial charge on any atom is 0.308 e. The van der Waals surface area contributed by atoms with Crippen LogP contribution in [-0.4, -0.2) is 74.9 Å². The van der Waals surface area contributed by atoms with Crippen molar-refractivity contribution in [2.45, 2.75) is 77.3 Å². The number of nitrogens with one attached hydrogen (secondary N) is 1. The van der Waals surface area contributed by atoms with Crippen LogP contribution in [0.5, 0.6) is 5.75 Å². The lowest BCUT2D eigenvalue weighted by Gasteiger charge is -2.35. The van der Waals surface area contributed by atoms with E-state index in [1.165, 1.54) is 6.07 Å². The van der Waals surface area contributed by atoms with Gasteiger partial charge < -0.3 is 14.7 Å². The molecule has 1 saturated heterocycles. The van der Waals surface area contributed by atoms with Gasteiger partial charge in [0, 0.05) is 43.2 Å². The van der Waals surface area contributed by atoms with Crippen LogP contribution in [0.15, 0.2) is 36.4 Å². The fourth-order valence-corrected chi connectivity index (χ4v) is 7.16. The first-order valence-corrected chi connectivity index (χ1v) is 17.1. The standard InChI is InChI=1S/C32H44FN3O6S/c1-5-7-24(8-6-2)36(25-10-11-27(33)21(3)17-25)30(37)20-35-19-26(22-9-12-29-23(18-22)14-16-42-29)31(32(38)39)28(35)13-15-34-43(4,40)41/h9-12,17-18,24,26,28,31,34H,5-8,13-16,19-20H2,1-4H3,(H,38,39)/t26-,28+,31?/m1/s1. The highest BCUT2D eigenvalue weighted by atomic mass is 32.2. The van der Waals surface area contributed by atoms with Crippen molar-refractivity contribution in [3.8, 4) is 5.75 Å². The van der Waals surface area contributed by atoms with Crippen LogP contribution in [0.2, 0.25) is 0 Å². The van der Waals surface area contributed by atoms with Gasteiger partial charge >= 0.3 is 5.97 Å². The Labute approximate surface area is 254 Å². The lowest BCUT2D eigenvalue weighted by Crippen LogP contribution is -2.48. The number of halogens is 1. The number of sulfonamides is 1. The molecule has 0 aromatic heterocycles. The van der Waals surface area contributed by atoms with Crippen LogP contribution in [0.25, 0.3) is 0 Å². The molecule has 2 aromatic rings. The summed E-state index contributed by atoms with van der Waals surface area (Å²) in [6.07, 6.45) is 5.32. The van der Waals surface area contributed by atoms with Crippen molar-refractivity contribution in [3.05, 3.63) is 58.9 Å². The second kappa shape index (κ2) is 14.2. The molecule has 2 aliphatic heterocycles. The second-order valence-electron chi connectivity index (χ2n) is 11.8. The number of hydrogen-bond donors (Lipinski definition) is 2. The summed E-state index contributed by atoms with van der Waals surface area (Å²) in [7, 11) is -3.48. The second-order valence-corrected chi connectivity index (χ2v) is 13.6. The summed E-state index contributed by atoms with van der Waals surface area (Å²) >= 11 is 0. The average Bonchev–Trinajstić information content (AvgIpc) is 3.55. The molecule has 9 nitrogen and oxygen atoms in total. The first-order chi connectivity index (χ1) is 20.4. The molecule has 0 radical (unpaired) electrons. The highest BCUT2D eigenvalue weighted by Crippen LogP contribution is 2.41. The Balaban J connectivity index is 1.69. The van der Waals surface area contributed by atoms with E-state index >= 15 is 0 Å². The van der Waals surface area contributed by atoms with Crippen LogP contribution in [0.1, 0.15) is 68.6 Å². The van der Waals surface area contributed by atoms with Gasteiger partial charge in [0.15, 0.2) is 0 Å². The number of aliphatic carboxylic acids is 1. The van der Waals surface area contributed by atoms with Gasteiger partial charge in [-0.05, 0) is 67.1 Å². The molecule has 0 saturated carbocycles. The van der Waals surface area contributed by atoms with Gasteiger partial charge in [-0.15, -0.1) is 0 Å². The number of carbonyl (C=O) groups is 2. The molecule has 236 valence electrons. The van der Waals surface area contributed by atoms with Crippen molar-refractivity contribution in [2.24, 2.45) is 5.92 Å². The number of hydrogen-bond acceptors (Lipinski definition) is 6. The van der Waals surface area contributed by atoms with Gasteiger partial charge in [0.05, 0.1) is 25.3 Å². The molecule has 1 unspecified atom stereocenters. The van der Waals surface area contributed by atoms with Crippen LogP contribution in [0.3, 0.4) is 0 Å². The zero-order valence-electron chi connectivity index (χ0n) is 25.5. The van der Waals surface area contributed by atoms with Crippen molar-refractivity contribution in [2.75, 3.05) is 37.4 Å². The summed E-state index contributed by atoms with van der Waals surface area (Å²) in [5, 5.41) is 10.5. The van der Waals surface area contributed by atoms with Crippen molar-refractivity contribution in [1.82, 2.24) is 9.62 Å². The SMILES string of the molecule is CCCC(CCC)N(C(=O)CN1C[C@H](c2ccc3c(c2)CCO3)C(C(=O)O)[C@@H]1CCNS(C)(=O)=O)c1ccc(F)c(C)c1. The highest BCUT2D eigenvalue weighted by Gasteiger charge is 2.47. The number of rotatable bonds is 14. The van der Waals surface area contributed by atoms with Gasteiger partial charge in [-0.25, -0.2) is 17.5 Å². The third kappa shape index (κ3) is 7.93. The summed E-state index contributed by atoms with van der Waals surface area (Å²) in [5.74, 6) is -1.96. The number of likely N-dealkylation sites (tertiary alicyclic amines) is 1. The molecular weight excluding hydrogens is 573 g/mol. The molecule has 2 aromatic carbocycles. The molecule has 2 heterocycles. The largest absolute Gasteiger partial charge is 0.493 e. The van der Waals surface area contributed by atoms with Crippen molar-refractivity contribution in [1.29, 1.82) is 0 Å². The monoisotopic (exact) mass is 617 g/mol. The zero-order chi connectivity index (χ0) is 31.3. The van der Waals surface area contributed by atoms with Crippen LogP contribution in [0, 0.1) is 18.7 Å². The van der Waals surface area contributed by atoms with Crippen LogP contribution in [0.4, 0.5) is 10.1 Å². The first-order valence-electron chi connectivity index (χ1n) is 15.2. The van der Waals surface area contributed by atoms with E-state index in [0.717, 1.165) is 55.2 Å².